The molecule has 0 aromatic heterocycles. The number of hydrogen-bond acceptors (Lipinski definition) is 4. The third-order valence-corrected chi connectivity index (χ3v) is 6.28. The Labute approximate surface area is 207 Å². The molecule has 0 spiro atoms. The first kappa shape index (κ1) is 24.1. The van der Waals surface area contributed by atoms with Crippen LogP contribution in [0.5, 0.6) is 5.75 Å². The van der Waals surface area contributed by atoms with Crippen LogP contribution in [0, 0.1) is 5.92 Å². The molecule has 0 saturated carbocycles. The number of ether oxygens (including phenoxy) is 1. The first-order chi connectivity index (χ1) is 16.5. The zero-order chi connectivity index (χ0) is 23.9. The number of nitrogens with one attached hydrogen (secondary N) is 1. The second kappa shape index (κ2) is 11.4. The van der Waals surface area contributed by atoms with Gasteiger partial charge in [-0.15, -0.1) is 0 Å². The summed E-state index contributed by atoms with van der Waals surface area (Å²) in [7, 11) is 0. The summed E-state index contributed by atoms with van der Waals surface area (Å²) >= 11 is 6.32. The Bertz CT molecular complexity index is 1080. The Balaban J connectivity index is 1.27. The van der Waals surface area contributed by atoms with Crippen molar-refractivity contribution in [2.75, 3.05) is 43.0 Å². The second-order valence-corrected chi connectivity index (χ2v) is 9.49. The number of rotatable bonds is 8. The summed E-state index contributed by atoms with van der Waals surface area (Å²) in [6.45, 7) is 9.65. The number of nitrogens with zero attached hydrogens (tertiary/aromatic N) is 2. The highest BCUT2D eigenvalue weighted by molar-refractivity contribution is 6.31. The van der Waals surface area contributed by atoms with Gasteiger partial charge in [0.2, 0.25) is 0 Å². The van der Waals surface area contributed by atoms with Crippen molar-refractivity contribution in [3.05, 3.63) is 88.9 Å². The van der Waals surface area contributed by atoms with Crippen LogP contribution in [-0.2, 0) is 6.54 Å². The molecule has 1 saturated heterocycles. The molecule has 5 nitrogen and oxygen atoms in total. The van der Waals surface area contributed by atoms with Crippen molar-refractivity contribution in [1.82, 2.24) is 4.90 Å². The van der Waals surface area contributed by atoms with Crippen molar-refractivity contribution >= 4 is 28.9 Å². The van der Waals surface area contributed by atoms with Gasteiger partial charge < -0.3 is 15.0 Å². The van der Waals surface area contributed by atoms with Gasteiger partial charge in [-0.05, 0) is 66.1 Å². The van der Waals surface area contributed by atoms with Crippen molar-refractivity contribution in [1.29, 1.82) is 0 Å². The summed E-state index contributed by atoms with van der Waals surface area (Å²) in [5.41, 5.74) is 3.74. The molecule has 3 aromatic rings. The summed E-state index contributed by atoms with van der Waals surface area (Å²) in [4.78, 5) is 17.4. The lowest BCUT2D eigenvalue weighted by Gasteiger charge is -2.36. The van der Waals surface area contributed by atoms with Crippen molar-refractivity contribution in [3.63, 3.8) is 0 Å². The van der Waals surface area contributed by atoms with Gasteiger partial charge in [-0.1, -0.05) is 43.6 Å². The Morgan fingerprint density at radius 1 is 0.941 bits per heavy atom. The summed E-state index contributed by atoms with van der Waals surface area (Å²) in [5.74, 6) is 1.11. The number of carbonyl (C=O) groups is 1. The number of amides is 1. The second-order valence-electron chi connectivity index (χ2n) is 9.08. The SMILES string of the molecule is CC(C)COc1ccc(C(=O)Nc2ccc(N3CCN(Cc4ccccc4Cl)CC3)cc2)cc1. The molecule has 3 aromatic carbocycles. The quantitative estimate of drug-likeness (QED) is 0.435. The molecular weight excluding hydrogens is 446 g/mol. The van der Waals surface area contributed by atoms with E-state index in [2.05, 4.69) is 47.2 Å². The molecule has 6 heteroatoms. The lowest BCUT2D eigenvalue weighted by Crippen LogP contribution is -2.46. The first-order valence-electron chi connectivity index (χ1n) is 11.8. The minimum absolute atomic E-state index is 0.128. The summed E-state index contributed by atoms with van der Waals surface area (Å²) in [6.07, 6.45) is 0. The average Bonchev–Trinajstić information content (AvgIpc) is 2.85. The Kier molecular flexibility index (Phi) is 8.09. The monoisotopic (exact) mass is 477 g/mol. The van der Waals surface area contributed by atoms with E-state index in [0.717, 1.165) is 49.2 Å². The fraction of sp³-hybridized carbons (Fsp3) is 0.321. The topological polar surface area (TPSA) is 44.8 Å². The van der Waals surface area contributed by atoms with Crippen molar-refractivity contribution in [2.24, 2.45) is 5.92 Å². The van der Waals surface area contributed by atoms with Crippen LogP contribution in [0.15, 0.2) is 72.8 Å². The molecule has 4 rings (SSSR count). The Hall–Kier alpha value is -3.02. The molecule has 0 bridgehead atoms. The van der Waals surface area contributed by atoms with Gasteiger partial charge in [0.05, 0.1) is 6.61 Å². The van der Waals surface area contributed by atoms with Crippen LogP contribution in [0.3, 0.4) is 0 Å². The number of hydrogen-bond donors (Lipinski definition) is 1. The van der Waals surface area contributed by atoms with Crippen molar-refractivity contribution in [2.45, 2.75) is 20.4 Å². The minimum Gasteiger partial charge on any atom is -0.493 e. The maximum Gasteiger partial charge on any atom is 0.255 e. The fourth-order valence-electron chi connectivity index (χ4n) is 3.96. The van der Waals surface area contributed by atoms with Crippen LogP contribution in [-0.4, -0.2) is 43.6 Å². The molecule has 0 radical (unpaired) electrons. The Morgan fingerprint density at radius 3 is 2.26 bits per heavy atom. The largest absolute Gasteiger partial charge is 0.493 e. The highest BCUT2D eigenvalue weighted by atomic mass is 35.5. The summed E-state index contributed by atoms with van der Waals surface area (Å²) in [6, 6.07) is 23.4. The molecule has 0 atom stereocenters. The van der Waals surface area contributed by atoms with E-state index >= 15 is 0 Å². The van der Waals surface area contributed by atoms with E-state index < -0.39 is 0 Å². The third-order valence-electron chi connectivity index (χ3n) is 5.91. The first-order valence-corrected chi connectivity index (χ1v) is 12.2. The Morgan fingerprint density at radius 2 is 1.62 bits per heavy atom. The number of benzene rings is 3. The molecule has 0 aliphatic carbocycles. The van der Waals surface area contributed by atoms with Gasteiger partial charge in [0, 0.05) is 54.7 Å². The van der Waals surface area contributed by atoms with Crippen LogP contribution >= 0.6 is 11.6 Å². The normalized spacial score (nSPS) is 14.3. The highest BCUT2D eigenvalue weighted by Crippen LogP contribution is 2.22. The minimum atomic E-state index is -0.128. The summed E-state index contributed by atoms with van der Waals surface area (Å²) in [5, 5.41) is 3.81. The van der Waals surface area contributed by atoms with Crippen molar-refractivity contribution < 1.29 is 9.53 Å². The molecule has 0 unspecified atom stereocenters. The van der Waals surface area contributed by atoms with Gasteiger partial charge >= 0.3 is 0 Å². The standard InChI is InChI=1S/C28H32ClN3O2/c1-21(2)20-34-26-13-7-22(8-14-26)28(33)30-24-9-11-25(12-10-24)32-17-15-31(16-18-32)19-23-5-3-4-6-27(23)29/h3-14,21H,15-20H2,1-2H3,(H,30,33). The maximum absolute atomic E-state index is 12.6. The number of anilines is 2. The molecular formula is C28H32ClN3O2. The van der Waals surface area contributed by atoms with E-state index in [1.54, 1.807) is 12.1 Å². The van der Waals surface area contributed by atoms with Crippen molar-refractivity contribution in [3.8, 4) is 5.75 Å². The predicted molar refractivity (Wildman–Crippen MR) is 140 cm³/mol. The van der Waals surface area contributed by atoms with Crippen LogP contribution in [0.2, 0.25) is 5.02 Å². The number of halogens is 1. The van der Waals surface area contributed by atoms with E-state index in [4.69, 9.17) is 16.3 Å². The zero-order valence-electron chi connectivity index (χ0n) is 19.8. The number of piperazine rings is 1. The van der Waals surface area contributed by atoms with E-state index in [1.165, 1.54) is 11.3 Å². The van der Waals surface area contributed by atoms with E-state index in [1.807, 2.05) is 42.5 Å². The zero-order valence-corrected chi connectivity index (χ0v) is 20.6. The summed E-state index contributed by atoms with van der Waals surface area (Å²) < 4.78 is 5.69. The third kappa shape index (κ3) is 6.52. The van der Waals surface area contributed by atoms with E-state index in [9.17, 15) is 4.79 Å². The van der Waals surface area contributed by atoms with Gasteiger partial charge in [-0.3, -0.25) is 9.69 Å². The van der Waals surface area contributed by atoms with Crippen LogP contribution in [0.1, 0.15) is 29.8 Å². The van der Waals surface area contributed by atoms with Gasteiger partial charge in [0.15, 0.2) is 0 Å². The number of carbonyl (C=O) groups excluding carboxylic acids is 1. The van der Waals surface area contributed by atoms with Crippen LogP contribution < -0.4 is 15.0 Å². The van der Waals surface area contributed by atoms with E-state index in [-0.39, 0.29) is 5.91 Å². The molecule has 1 heterocycles. The molecule has 34 heavy (non-hydrogen) atoms. The molecule has 1 aliphatic rings. The highest BCUT2D eigenvalue weighted by Gasteiger charge is 2.18. The van der Waals surface area contributed by atoms with E-state index in [0.29, 0.717) is 18.1 Å². The van der Waals surface area contributed by atoms with Crippen LogP contribution in [0.25, 0.3) is 0 Å². The fourth-order valence-corrected chi connectivity index (χ4v) is 4.15. The van der Waals surface area contributed by atoms with Gasteiger partial charge in [-0.2, -0.15) is 0 Å². The predicted octanol–water partition coefficient (Wildman–Crippen LogP) is 5.95. The maximum atomic E-state index is 12.6. The van der Waals surface area contributed by atoms with Gasteiger partial charge in [-0.25, -0.2) is 0 Å². The molecule has 1 N–H and O–H groups in total. The van der Waals surface area contributed by atoms with Gasteiger partial charge in [0.1, 0.15) is 5.75 Å². The van der Waals surface area contributed by atoms with Crippen LogP contribution in [0.4, 0.5) is 11.4 Å². The molecule has 1 aliphatic heterocycles. The molecule has 178 valence electrons. The molecule has 1 amide bonds. The molecule has 1 fully saturated rings. The average molecular weight is 478 g/mol. The smallest absolute Gasteiger partial charge is 0.255 e. The van der Waals surface area contributed by atoms with Gasteiger partial charge in [0.25, 0.3) is 5.91 Å². The lowest BCUT2D eigenvalue weighted by molar-refractivity contribution is 0.102. The lowest BCUT2D eigenvalue weighted by atomic mass is 10.1.